The van der Waals surface area contributed by atoms with Crippen molar-refractivity contribution in [3.05, 3.63) is 34.1 Å². The summed E-state index contributed by atoms with van der Waals surface area (Å²) >= 11 is 3.23. The van der Waals surface area contributed by atoms with Gasteiger partial charge in [-0.3, -0.25) is 4.90 Å². The fourth-order valence-electron chi connectivity index (χ4n) is 2.87. The van der Waals surface area contributed by atoms with E-state index >= 15 is 0 Å². The summed E-state index contributed by atoms with van der Waals surface area (Å²) in [5, 5.41) is 3.52. The van der Waals surface area contributed by atoms with Crippen molar-refractivity contribution >= 4 is 15.9 Å². The number of hydrogen-bond donors (Lipinski definition) is 1. The highest BCUT2D eigenvalue weighted by molar-refractivity contribution is 9.10. The second kappa shape index (κ2) is 7.53. The third-order valence-corrected chi connectivity index (χ3v) is 4.65. The van der Waals surface area contributed by atoms with E-state index in [0.717, 1.165) is 18.7 Å². The average Bonchev–Trinajstić information content (AvgIpc) is 2.92. The summed E-state index contributed by atoms with van der Waals surface area (Å²) in [5.41, 5.74) is 1.11. The maximum atomic E-state index is 13.2. The van der Waals surface area contributed by atoms with Crippen LogP contribution in [-0.2, 0) is 6.54 Å². The summed E-state index contributed by atoms with van der Waals surface area (Å²) in [5.74, 6) is 0.450. The monoisotopic (exact) mass is 342 g/mol. The van der Waals surface area contributed by atoms with Crippen LogP contribution in [0.25, 0.3) is 0 Å². The van der Waals surface area contributed by atoms with Gasteiger partial charge in [-0.1, -0.05) is 19.9 Å². The molecule has 0 saturated carbocycles. The van der Waals surface area contributed by atoms with Crippen molar-refractivity contribution < 1.29 is 4.39 Å². The highest BCUT2D eigenvalue weighted by Crippen LogP contribution is 2.18. The molecule has 2 nitrogen and oxygen atoms in total. The topological polar surface area (TPSA) is 15.3 Å². The van der Waals surface area contributed by atoms with Crippen LogP contribution in [-0.4, -0.2) is 30.6 Å². The molecule has 1 unspecified atom stereocenters. The molecule has 0 aromatic heterocycles. The Bertz CT molecular complexity index is 430. The molecule has 1 fully saturated rings. The first-order chi connectivity index (χ1) is 9.58. The number of benzene rings is 1. The maximum absolute atomic E-state index is 13.2. The van der Waals surface area contributed by atoms with Crippen molar-refractivity contribution in [2.45, 2.75) is 39.3 Å². The van der Waals surface area contributed by atoms with E-state index in [1.54, 1.807) is 0 Å². The average molecular weight is 343 g/mol. The fourth-order valence-corrected chi connectivity index (χ4v) is 3.30. The molecular formula is C16H24BrFN2. The van der Waals surface area contributed by atoms with Gasteiger partial charge in [-0.15, -0.1) is 0 Å². The second-order valence-corrected chi connectivity index (χ2v) is 6.79. The lowest BCUT2D eigenvalue weighted by molar-refractivity contribution is 0.186. The zero-order valence-electron chi connectivity index (χ0n) is 12.3. The molecule has 1 N–H and O–H groups in total. The number of rotatable bonds is 6. The van der Waals surface area contributed by atoms with Gasteiger partial charge in [-0.05, 0) is 65.5 Å². The van der Waals surface area contributed by atoms with Gasteiger partial charge in [0.15, 0.2) is 0 Å². The molecule has 4 heteroatoms. The lowest BCUT2D eigenvalue weighted by atomic mass is 10.0. The molecule has 1 saturated heterocycles. The Kier molecular flexibility index (Phi) is 6.00. The molecule has 1 aliphatic rings. The van der Waals surface area contributed by atoms with Crippen molar-refractivity contribution in [3.8, 4) is 0 Å². The SMILES string of the molecule is CC(C)C(CNCc1ccc(F)c(Br)c1)N1CCCC1. The molecule has 0 radical (unpaired) electrons. The second-order valence-electron chi connectivity index (χ2n) is 5.93. The molecule has 0 amide bonds. The van der Waals surface area contributed by atoms with E-state index in [1.807, 2.05) is 12.1 Å². The van der Waals surface area contributed by atoms with Gasteiger partial charge in [0, 0.05) is 19.1 Å². The Balaban J connectivity index is 1.84. The Morgan fingerprint density at radius 2 is 2.00 bits per heavy atom. The number of nitrogens with one attached hydrogen (secondary N) is 1. The van der Waals surface area contributed by atoms with E-state index in [9.17, 15) is 4.39 Å². The fraction of sp³-hybridized carbons (Fsp3) is 0.625. The summed E-state index contributed by atoms with van der Waals surface area (Å²) in [6.07, 6.45) is 2.66. The highest BCUT2D eigenvalue weighted by Gasteiger charge is 2.23. The van der Waals surface area contributed by atoms with Gasteiger partial charge in [0.05, 0.1) is 4.47 Å². The minimum atomic E-state index is -0.203. The molecule has 1 aromatic carbocycles. The van der Waals surface area contributed by atoms with Crippen LogP contribution in [0.15, 0.2) is 22.7 Å². The van der Waals surface area contributed by atoms with Gasteiger partial charge in [0.25, 0.3) is 0 Å². The van der Waals surface area contributed by atoms with Crippen LogP contribution in [0.3, 0.4) is 0 Å². The predicted molar refractivity (Wildman–Crippen MR) is 85.2 cm³/mol. The van der Waals surface area contributed by atoms with Gasteiger partial charge in [-0.2, -0.15) is 0 Å². The minimum absolute atomic E-state index is 0.203. The third-order valence-electron chi connectivity index (χ3n) is 4.05. The van der Waals surface area contributed by atoms with Crippen LogP contribution in [0.5, 0.6) is 0 Å². The smallest absolute Gasteiger partial charge is 0.137 e. The summed E-state index contributed by atoms with van der Waals surface area (Å²) in [4.78, 5) is 2.60. The molecule has 0 spiro atoms. The Labute approximate surface area is 129 Å². The molecule has 1 aliphatic heterocycles. The number of hydrogen-bond acceptors (Lipinski definition) is 2. The van der Waals surface area contributed by atoms with Gasteiger partial charge < -0.3 is 5.32 Å². The first kappa shape index (κ1) is 15.9. The minimum Gasteiger partial charge on any atom is -0.311 e. The lowest BCUT2D eigenvalue weighted by Gasteiger charge is -2.31. The van der Waals surface area contributed by atoms with Crippen LogP contribution in [0.2, 0.25) is 0 Å². The normalized spacial score (nSPS) is 17.9. The molecule has 20 heavy (non-hydrogen) atoms. The predicted octanol–water partition coefficient (Wildman–Crippen LogP) is 3.80. The van der Waals surface area contributed by atoms with E-state index in [1.165, 1.54) is 32.0 Å². The van der Waals surface area contributed by atoms with Crippen molar-refractivity contribution in [3.63, 3.8) is 0 Å². The molecule has 1 aromatic rings. The summed E-state index contributed by atoms with van der Waals surface area (Å²) in [6.45, 7) is 8.82. The standard InChI is InChI=1S/C16H24BrFN2/c1-12(2)16(20-7-3-4-8-20)11-19-10-13-5-6-15(18)14(17)9-13/h5-6,9,12,16,19H,3-4,7-8,10-11H2,1-2H3. The van der Waals surface area contributed by atoms with Crippen LogP contribution in [0.1, 0.15) is 32.3 Å². The van der Waals surface area contributed by atoms with Gasteiger partial charge in [0.1, 0.15) is 5.82 Å². The van der Waals surface area contributed by atoms with E-state index in [4.69, 9.17) is 0 Å². The quantitative estimate of drug-likeness (QED) is 0.845. The molecular weight excluding hydrogens is 319 g/mol. The number of nitrogens with zero attached hydrogens (tertiary/aromatic N) is 1. The van der Waals surface area contributed by atoms with Crippen molar-refractivity contribution in [2.24, 2.45) is 5.92 Å². The Hall–Kier alpha value is -0.450. The number of halogens is 2. The van der Waals surface area contributed by atoms with E-state index < -0.39 is 0 Å². The van der Waals surface area contributed by atoms with Crippen LogP contribution in [0.4, 0.5) is 4.39 Å². The summed E-state index contributed by atoms with van der Waals surface area (Å²) in [6, 6.07) is 5.80. The Morgan fingerprint density at radius 3 is 2.60 bits per heavy atom. The van der Waals surface area contributed by atoms with Gasteiger partial charge in [-0.25, -0.2) is 4.39 Å². The van der Waals surface area contributed by atoms with Gasteiger partial charge >= 0.3 is 0 Å². The first-order valence-electron chi connectivity index (χ1n) is 7.46. The van der Waals surface area contributed by atoms with E-state index in [0.29, 0.717) is 16.4 Å². The van der Waals surface area contributed by atoms with Crippen LogP contribution in [0, 0.1) is 11.7 Å². The molecule has 0 aliphatic carbocycles. The summed E-state index contributed by atoms with van der Waals surface area (Å²) < 4.78 is 13.7. The van der Waals surface area contributed by atoms with Crippen LogP contribution >= 0.6 is 15.9 Å². The largest absolute Gasteiger partial charge is 0.311 e. The molecule has 2 rings (SSSR count). The van der Waals surface area contributed by atoms with Crippen molar-refractivity contribution in [2.75, 3.05) is 19.6 Å². The van der Waals surface area contributed by atoms with E-state index in [-0.39, 0.29) is 5.82 Å². The van der Waals surface area contributed by atoms with E-state index in [2.05, 4.69) is 40.0 Å². The van der Waals surface area contributed by atoms with Crippen LogP contribution < -0.4 is 5.32 Å². The zero-order valence-corrected chi connectivity index (χ0v) is 13.9. The number of likely N-dealkylation sites (tertiary alicyclic amines) is 1. The summed E-state index contributed by atoms with van der Waals surface area (Å²) in [7, 11) is 0. The zero-order chi connectivity index (χ0) is 14.5. The van der Waals surface area contributed by atoms with Crippen molar-refractivity contribution in [1.29, 1.82) is 0 Å². The Morgan fingerprint density at radius 1 is 1.30 bits per heavy atom. The molecule has 1 atom stereocenters. The first-order valence-corrected chi connectivity index (χ1v) is 8.26. The molecule has 0 bridgehead atoms. The molecule has 1 heterocycles. The lowest BCUT2D eigenvalue weighted by Crippen LogP contribution is -2.44. The molecule has 112 valence electrons. The third kappa shape index (κ3) is 4.27. The van der Waals surface area contributed by atoms with Crippen molar-refractivity contribution in [1.82, 2.24) is 10.2 Å². The maximum Gasteiger partial charge on any atom is 0.137 e. The highest BCUT2D eigenvalue weighted by atomic mass is 79.9. The van der Waals surface area contributed by atoms with Gasteiger partial charge in [0.2, 0.25) is 0 Å².